The van der Waals surface area contributed by atoms with Gasteiger partial charge in [0.1, 0.15) is 12.6 Å². The number of carbonyl (C=O) groups is 1. The fourth-order valence-electron chi connectivity index (χ4n) is 1.38. The second-order valence-corrected chi connectivity index (χ2v) is 6.52. The van der Waals surface area contributed by atoms with Crippen molar-refractivity contribution in [3.05, 3.63) is 12.2 Å². The van der Waals surface area contributed by atoms with E-state index in [2.05, 4.69) is 11.1 Å². The van der Waals surface area contributed by atoms with Crippen LogP contribution in [0.1, 0.15) is 13.3 Å². The molecule has 0 amide bonds. The molecule has 2 unspecified atom stereocenters. The third-order valence-corrected chi connectivity index (χ3v) is 2.62. The molecule has 0 aliphatic rings. The summed E-state index contributed by atoms with van der Waals surface area (Å²) in [4.78, 5) is 30.7. The van der Waals surface area contributed by atoms with Gasteiger partial charge in [0.05, 0.1) is 27.7 Å². The van der Waals surface area contributed by atoms with Crippen LogP contribution in [0.5, 0.6) is 0 Å². The molecular weight excluding hydrogens is 273 g/mol. The smallest absolute Gasteiger partial charge is 0.333 e. The number of carbonyl (C=O) groups excluding carboxylic acids is 1. The van der Waals surface area contributed by atoms with Crippen LogP contribution >= 0.6 is 7.82 Å². The first-order valence-corrected chi connectivity index (χ1v) is 7.25. The third-order valence-electron chi connectivity index (χ3n) is 2.06. The third kappa shape index (κ3) is 10.9. The van der Waals surface area contributed by atoms with Gasteiger partial charge in [-0.3, -0.25) is 4.57 Å². The minimum absolute atomic E-state index is 0.00361. The van der Waals surface area contributed by atoms with Crippen molar-refractivity contribution in [3.8, 4) is 0 Å². The Morgan fingerprint density at radius 3 is 2.37 bits per heavy atom. The highest BCUT2D eigenvalue weighted by molar-refractivity contribution is 7.44. The second-order valence-electron chi connectivity index (χ2n) is 5.37. The second kappa shape index (κ2) is 7.17. The molecule has 0 rings (SSSR count). The van der Waals surface area contributed by atoms with E-state index in [0.29, 0.717) is 11.0 Å². The molecule has 0 bridgehead atoms. The van der Waals surface area contributed by atoms with Crippen LogP contribution in [0.3, 0.4) is 0 Å². The molecule has 0 radical (unpaired) electrons. The Bertz CT molecular complexity index is 370. The molecule has 0 spiro atoms. The SMILES string of the molecule is C=C(C)C(=O)OCCC(C[N+](C)(C)C)OP(=O)([O-])O. The summed E-state index contributed by atoms with van der Waals surface area (Å²) >= 11 is 0. The maximum absolute atomic E-state index is 11.2. The number of nitrogens with zero attached hydrogens (tertiary/aromatic N) is 1. The lowest BCUT2D eigenvalue weighted by molar-refractivity contribution is -0.873. The molecule has 19 heavy (non-hydrogen) atoms. The Labute approximate surface area is 113 Å². The van der Waals surface area contributed by atoms with E-state index < -0.39 is 19.9 Å². The van der Waals surface area contributed by atoms with E-state index in [1.54, 1.807) is 0 Å². The van der Waals surface area contributed by atoms with Gasteiger partial charge in [-0.2, -0.15) is 0 Å². The van der Waals surface area contributed by atoms with Crippen LogP contribution in [0.4, 0.5) is 0 Å². The highest BCUT2D eigenvalue weighted by Crippen LogP contribution is 2.33. The molecule has 8 heteroatoms. The summed E-state index contributed by atoms with van der Waals surface area (Å²) in [6, 6.07) is 0. The van der Waals surface area contributed by atoms with E-state index in [1.165, 1.54) is 6.92 Å². The maximum Gasteiger partial charge on any atom is 0.333 e. The predicted molar refractivity (Wildman–Crippen MR) is 68.0 cm³/mol. The summed E-state index contributed by atoms with van der Waals surface area (Å²) in [5.74, 6) is -0.543. The van der Waals surface area contributed by atoms with E-state index in [0.717, 1.165) is 0 Å². The molecule has 0 aromatic carbocycles. The monoisotopic (exact) mass is 295 g/mol. The molecule has 0 aromatic heterocycles. The lowest BCUT2D eigenvalue weighted by Gasteiger charge is -2.31. The van der Waals surface area contributed by atoms with E-state index in [9.17, 15) is 14.3 Å². The molecule has 0 heterocycles. The quantitative estimate of drug-likeness (QED) is 0.294. The molecule has 0 aliphatic carbocycles. The van der Waals surface area contributed by atoms with E-state index in [4.69, 9.17) is 9.63 Å². The Morgan fingerprint density at radius 1 is 1.47 bits per heavy atom. The number of phosphoric ester groups is 1. The number of ether oxygens (including phenoxy) is 1. The zero-order chi connectivity index (χ0) is 15.3. The highest BCUT2D eigenvalue weighted by atomic mass is 31.2. The van der Waals surface area contributed by atoms with E-state index in [1.807, 2.05) is 21.1 Å². The summed E-state index contributed by atoms with van der Waals surface area (Å²) in [5.41, 5.74) is 0.265. The number of rotatable bonds is 8. The topological polar surface area (TPSA) is 95.9 Å². The largest absolute Gasteiger partial charge is 0.756 e. The summed E-state index contributed by atoms with van der Waals surface area (Å²) in [6.07, 6.45) is -0.590. The Kier molecular flexibility index (Phi) is 6.89. The first-order valence-electron chi connectivity index (χ1n) is 5.76. The number of hydrogen-bond donors (Lipinski definition) is 1. The van der Waals surface area contributed by atoms with Crippen molar-refractivity contribution in [1.82, 2.24) is 0 Å². The van der Waals surface area contributed by atoms with Gasteiger partial charge in [0.15, 0.2) is 0 Å². The van der Waals surface area contributed by atoms with Crippen molar-refractivity contribution >= 4 is 13.8 Å². The van der Waals surface area contributed by atoms with Crippen LogP contribution in [0.2, 0.25) is 0 Å². The van der Waals surface area contributed by atoms with Gasteiger partial charge in [-0.05, 0) is 6.92 Å². The van der Waals surface area contributed by atoms with Gasteiger partial charge < -0.3 is 23.5 Å². The van der Waals surface area contributed by atoms with Gasteiger partial charge in [0.25, 0.3) is 7.82 Å². The number of phosphoric acid groups is 1. The van der Waals surface area contributed by atoms with E-state index in [-0.39, 0.29) is 18.6 Å². The normalized spacial score (nSPS) is 16.5. The standard InChI is InChI=1S/C11H22NO6P/c1-9(2)11(13)17-7-6-10(8-12(3,4)5)18-19(14,15)16/h10H,1,6-8H2,2-5H3,(H-,14,15,16). The average molecular weight is 295 g/mol. The first-order chi connectivity index (χ1) is 8.41. The number of likely N-dealkylation sites (N-methyl/N-ethyl adjacent to an activating group) is 1. The van der Waals surface area contributed by atoms with Crippen molar-refractivity contribution in [2.45, 2.75) is 19.4 Å². The number of hydrogen-bond acceptors (Lipinski definition) is 5. The number of quaternary nitrogens is 1. The zero-order valence-corrected chi connectivity index (χ0v) is 12.7. The molecule has 1 N–H and O–H groups in total. The molecule has 2 atom stereocenters. The van der Waals surface area contributed by atoms with Gasteiger partial charge in [-0.25, -0.2) is 4.79 Å². The van der Waals surface area contributed by atoms with Gasteiger partial charge >= 0.3 is 5.97 Å². The van der Waals surface area contributed by atoms with E-state index >= 15 is 0 Å². The molecule has 0 aliphatic heterocycles. The molecule has 0 fully saturated rings. The van der Waals surface area contributed by atoms with Gasteiger partial charge in [-0.1, -0.05) is 6.58 Å². The summed E-state index contributed by atoms with van der Waals surface area (Å²) in [6.45, 7) is 5.29. The van der Waals surface area contributed by atoms with Crippen molar-refractivity contribution in [2.24, 2.45) is 0 Å². The van der Waals surface area contributed by atoms with Crippen LogP contribution in [-0.4, -0.2) is 55.7 Å². The molecule has 0 saturated heterocycles. The number of esters is 1. The van der Waals surface area contributed by atoms with Crippen molar-refractivity contribution in [2.75, 3.05) is 34.3 Å². The van der Waals surface area contributed by atoms with Gasteiger partial charge in [0.2, 0.25) is 0 Å². The summed E-state index contributed by atoms with van der Waals surface area (Å²) in [7, 11) is 0.743. The predicted octanol–water partition coefficient (Wildman–Crippen LogP) is 0.0479. The van der Waals surface area contributed by atoms with Gasteiger partial charge in [0, 0.05) is 12.0 Å². The van der Waals surface area contributed by atoms with Crippen LogP contribution < -0.4 is 4.89 Å². The Balaban J connectivity index is 4.39. The lowest BCUT2D eigenvalue weighted by Crippen LogP contribution is -2.42. The van der Waals surface area contributed by atoms with Crippen molar-refractivity contribution in [1.29, 1.82) is 0 Å². The van der Waals surface area contributed by atoms with Crippen molar-refractivity contribution in [3.63, 3.8) is 0 Å². The fraction of sp³-hybridized carbons (Fsp3) is 0.727. The van der Waals surface area contributed by atoms with Crippen LogP contribution in [0, 0.1) is 0 Å². The summed E-state index contributed by atoms with van der Waals surface area (Å²) in [5, 5.41) is 0. The molecule has 7 nitrogen and oxygen atoms in total. The minimum atomic E-state index is -4.81. The maximum atomic E-state index is 11.2. The lowest BCUT2D eigenvalue weighted by atomic mass is 10.2. The average Bonchev–Trinajstić information content (AvgIpc) is 2.11. The molecular formula is C11H22NO6P. The zero-order valence-electron chi connectivity index (χ0n) is 11.8. The Morgan fingerprint density at radius 2 is 2.00 bits per heavy atom. The highest BCUT2D eigenvalue weighted by Gasteiger charge is 2.23. The van der Waals surface area contributed by atoms with Crippen molar-refractivity contribution < 1.29 is 32.9 Å². The Hall–Kier alpha value is -0.720. The van der Waals surface area contributed by atoms with Crippen LogP contribution in [0.15, 0.2) is 12.2 Å². The molecule has 0 saturated carbocycles. The summed E-state index contributed by atoms with van der Waals surface area (Å²) < 4.78 is 20.7. The fourth-order valence-corrected chi connectivity index (χ4v) is 1.93. The first kappa shape index (κ1) is 18.3. The molecule has 112 valence electrons. The van der Waals surface area contributed by atoms with Crippen LogP contribution in [0.25, 0.3) is 0 Å². The van der Waals surface area contributed by atoms with Gasteiger partial charge in [-0.15, -0.1) is 0 Å². The molecule has 0 aromatic rings. The minimum Gasteiger partial charge on any atom is -0.756 e. The van der Waals surface area contributed by atoms with Crippen LogP contribution in [-0.2, 0) is 18.6 Å².